The maximum Gasteiger partial charge on any atom is 0.328 e. The van der Waals surface area contributed by atoms with Crippen LogP contribution in [0.5, 0.6) is 17.2 Å². The Kier molecular flexibility index (Phi) is 11.0. The first-order valence-corrected chi connectivity index (χ1v) is 15.5. The van der Waals surface area contributed by atoms with Crippen molar-refractivity contribution in [1.29, 1.82) is 0 Å². The van der Waals surface area contributed by atoms with Crippen LogP contribution in [0, 0.1) is 0 Å². The Morgan fingerprint density at radius 3 is 2.41 bits per heavy atom. The van der Waals surface area contributed by atoms with E-state index in [0.29, 0.717) is 32.4 Å². The minimum absolute atomic E-state index is 0.00613. The maximum absolute atomic E-state index is 12.9. The zero-order valence-corrected chi connectivity index (χ0v) is 23.7. The highest BCUT2D eigenvalue weighted by molar-refractivity contribution is 9.11. The smallest absolute Gasteiger partial charge is 0.328 e. The van der Waals surface area contributed by atoms with Crippen LogP contribution < -0.4 is 10.1 Å². The van der Waals surface area contributed by atoms with Crippen LogP contribution in [0.1, 0.15) is 29.3 Å². The molecule has 2 atom stereocenters. The summed E-state index contributed by atoms with van der Waals surface area (Å²) in [7, 11) is -3.25. The van der Waals surface area contributed by atoms with E-state index in [1.165, 1.54) is 36.6 Å². The molecular formula is C22H26Br2NO7PS. The van der Waals surface area contributed by atoms with Gasteiger partial charge in [-0.05, 0) is 93.1 Å². The summed E-state index contributed by atoms with van der Waals surface area (Å²) in [5.74, 6) is -0.166. The first-order chi connectivity index (χ1) is 15.9. The Balaban J connectivity index is 2.26. The third-order valence-electron chi connectivity index (χ3n) is 4.45. The molecule has 0 bridgehead atoms. The quantitative estimate of drug-likeness (QED) is 0.217. The number of thioether (sulfide) groups is 1. The number of halogens is 2. The zero-order valence-electron chi connectivity index (χ0n) is 18.8. The maximum atomic E-state index is 12.9. The van der Waals surface area contributed by atoms with Gasteiger partial charge in [0.15, 0.2) is 5.75 Å². The van der Waals surface area contributed by atoms with Crippen LogP contribution in [0.4, 0.5) is 0 Å². The predicted octanol–water partition coefficient (Wildman–Crippen LogP) is 5.52. The van der Waals surface area contributed by atoms with Gasteiger partial charge in [-0.2, -0.15) is 11.8 Å². The lowest BCUT2D eigenvalue weighted by Crippen LogP contribution is -2.42. The van der Waals surface area contributed by atoms with Crippen molar-refractivity contribution in [3.63, 3.8) is 0 Å². The van der Waals surface area contributed by atoms with Gasteiger partial charge in [-0.1, -0.05) is 0 Å². The Morgan fingerprint density at radius 1 is 1.21 bits per heavy atom. The Hall–Kier alpha value is -1.52. The number of ether oxygens (including phenoxy) is 2. The van der Waals surface area contributed by atoms with Gasteiger partial charge >= 0.3 is 5.97 Å². The fourth-order valence-electron chi connectivity index (χ4n) is 2.98. The fraction of sp³-hybridized carbons (Fsp3) is 0.364. The topological polar surface area (TPSA) is 122 Å². The molecule has 34 heavy (non-hydrogen) atoms. The number of carbonyl (C=O) groups is 2. The number of hydrogen-bond acceptors (Lipinski definition) is 7. The van der Waals surface area contributed by atoms with E-state index < -0.39 is 25.3 Å². The molecule has 0 aliphatic carbocycles. The molecule has 1 unspecified atom stereocenters. The molecule has 12 heteroatoms. The largest absolute Gasteiger partial charge is 0.507 e. The van der Waals surface area contributed by atoms with Crippen LogP contribution in [-0.2, 0) is 20.3 Å². The summed E-state index contributed by atoms with van der Waals surface area (Å²) in [6, 6.07) is 6.68. The van der Waals surface area contributed by atoms with Gasteiger partial charge in [0.1, 0.15) is 17.5 Å². The average Bonchev–Trinajstić information content (AvgIpc) is 2.73. The van der Waals surface area contributed by atoms with Crippen LogP contribution in [0.3, 0.4) is 0 Å². The number of amides is 1. The van der Waals surface area contributed by atoms with Crippen molar-refractivity contribution in [2.24, 2.45) is 0 Å². The van der Waals surface area contributed by atoms with E-state index in [1.807, 2.05) is 6.26 Å². The second-order valence-electron chi connectivity index (χ2n) is 7.44. The highest BCUT2D eigenvalue weighted by Gasteiger charge is 2.24. The monoisotopic (exact) mass is 637 g/mol. The summed E-state index contributed by atoms with van der Waals surface area (Å²) < 4.78 is 23.8. The molecule has 0 saturated carbocycles. The number of esters is 1. The number of carbonyl (C=O) groups excluding carboxylic acids is 2. The van der Waals surface area contributed by atoms with Crippen molar-refractivity contribution in [1.82, 2.24) is 5.32 Å². The van der Waals surface area contributed by atoms with Gasteiger partial charge < -0.3 is 24.8 Å². The predicted molar refractivity (Wildman–Crippen MR) is 140 cm³/mol. The number of nitrogens with one attached hydrogen (secondary N) is 1. The third-order valence-corrected chi connectivity index (χ3v) is 7.23. The number of rotatable bonds is 11. The molecule has 3 N–H and O–H groups in total. The van der Waals surface area contributed by atoms with Gasteiger partial charge in [0.2, 0.25) is 7.37 Å². The molecule has 2 aromatic carbocycles. The van der Waals surface area contributed by atoms with Crippen molar-refractivity contribution in [2.45, 2.75) is 25.5 Å². The van der Waals surface area contributed by atoms with Crippen molar-refractivity contribution in [2.75, 3.05) is 25.3 Å². The number of hydrogen-bond donors (Lipinski definition) is 3. The molecule has 1 amide bonds. The van der Waals surface area contributed by atoms with E-state index in [-0.39, 0.29) is 29.8 Å². The summed E-state index contributed by atoms with van der Waals surface area (Å²) >= 11 is 8.34. The third kappa shape index (κ3) is 8.61. The molecule has 0 fully saturated rings. The van der Waals surface area contributed by atoms with E-state index in [2.05, 4.69) is 37.2 Å². The summed E-state index contributed by atoms with van der Waals surface area (Å²) in [6.45, 7) is 3.16. The lowest BCUT2D eigenvalue weighted by atomic mass is 10.1. The molecule has 0 radical (unpaired) electrons. The molecule has 0 heterocycles. The number of phenolic OH excluding ortho intramolecular Hbond substituents is 1. The standard InChI is InChI=1S/C22H26Br2NO7PS/c1-4-31-22(28)18(7-8-34-3)25-21(27)15-11-14(5-6-19(15)26)32-20-16(23)9-13(10-17(20)24)12-33(2,29)30/h5-6,9-11,18,26H,4,7-8,12H2,1-3H3,(H,25,27)(H,29,30)/t18-/m0/s1. The van der Waals surface area contributed by atoms with Gasteiger partial charge in [0.05, 0.1) is 21.1 Å². The van der Waals surface area contributed by atoms with E-state index in [9.17, 15) is 24.2 Å². The SMILES string of the molecule is CCOC(=O)[C@H](CCSC)NC(=O)c1cc(Oc2c(Br)cc(CP(C)(=O)O)cc2Br)ccc1O. The van der Waals surface area contributed by atoms with Crippen LogP contribution >= 0.6 is 51.0 Å². The Morgan fingerprint density at radius 2 is 1.85 bits per heavy atom. The fourth-order valence-corrected chi connectivity index (χ4v) is 5.76. The lowest BCUT2D eigenvalue weighted by molar-refractivity contribution is -0.145. The van der Waals surface area contributed by atoms with Crippen LogP contribution in [0.25, 0.3) is 0 Å². The van der Waals surface area contributed by atoms with Crippen molar-refractivity contribution < 1.29 is 33.6 Å². The zero-order chi connectivity index (χ0) is 25.5. The summed E-state index contributed by atoms with van der Waals surface area (Å²) in [6.07, 6.45) is 2.28. The Labute approximate surface area is 219 Å². The van der Waals surface area contributed by atoms with Crippen LogP contribution in [0.2, 0.25) is 0 Å². The minimum atomic E-state index is -3.25. The molecule has 0 aliphatic heterocycles. The molecule has 0 saturated heterocycles. The van der Waals surface area contributed by atoms with Gasteiger partial charge in [0.25, 0.3) is 5.91 Å². The van der Waals surface area contributed by atoms with Gasteiger partial charge in [-0.25, -0.2) is 4.79 Å². The Bertz CT molecular complexity index is 1070. The molecular weight excluding hydrogens is 613 g/mol. The average molecular weight is 639 g/mol. The highest BCUT2D eigenvalue weighted by atomic mass is 79.9. The van der Waals surface area contributed by atoms with Gasteiger partial charge in [-0.3, -0.25) is 9.36 Å². The summed E-state index contributed by atoms with van der Waals surface area (Å²) in [4.78, 5) is 34.7. The second-order valence-corrected chi connectivity index (χ2v) is 12.6. The molecule has 186 valence electrons. The first kappa shape index (κ1) is 28.7. The summed E-state index contributed by atoms with van der Waals surface area (Å²) in [5, 5.41) is 12.9. The number of aromatic hydroxyl groups is 1. The molecule has 0 aromatic heterocycles. The van der Waals surface area contributed by atoms with Gasteiger partial charge in [0, 0.05) is 12.8 Å². The van der Waals surface area contributed by atoms with E-state index in [1.54, 1.807) is 19.1 Å². The van der Waals surface area contributed by atoms with Crippen LogP contribution in [-0.4, -0.2) is 53.2 Å². The number of benzene rings is 2. The van der Waals surface area contributed by atoms with E-state index in [4.69, 9.17) is 9.47 Å². The van der Waals surface area contributed by atoms with Gasteiger partial charge in [-0.15, -0.1) is 0 Å². The molecule has 2 rings (SSSR count). The molecule has 0 spiro atoms. The van der Waals surface area contributed by atoms with Crippen molar-refractivity contribution >= 4 is 62.9 Å². The molecule has 2 aromatic rings. The lowest BCUT2D eigenvalue weighted by Gasteiger charge is -2.18. The second kappa shape index (κ2) is 13.0. The normalized spacial score (nSPS) is 13.6. The minimum Gasteiger partial charge on any atom is -0.507 e. The van der Waals surface area contributed by atoms with Crippen molar-refractivity contribution in [3.05, 3.63) is 50.4 Å². The highest BCUT2D eigenvalue weighted by Crippen LogP contribution is 2.44. The van der Waals surface area contributed by atoms with E-state index >= 15 is 0 Å². The van der Waals surface area contributed by atoms with Crippen LogP contribution in [0.15, 0.2) is 39.3 Å². The first-order valence-electron chi connectivity index (χ1n) is 10.2. The number of phenols is 1. The summed E-state index contributed by atoms with van der Waals surface area (Å²) in [5.41, 5.74) is 0.576. The van der Waals surface area contributed by atoms with Crippen molar-refractivity contribution in [3.8, 4) is 17.2 Å². The molecule has 0 aliphatic rings. The molecule has 8 nitrogen and oxygen atoms in total. The van der Waals surface area contributed by atoms with E-state index in [0.717, 1.165) is 0 Å².